The molecule has 0 aliphatic carbocycles. The first-order valence-corrected chi connectivity index (χ1v) is 8.58. The highest BCUT2D eigenvalue weighted by atomic mass is 79.9. The Morgan fingerprint density at radius 2 is 1.62 bits per heavy atom. The van der Waals surface area contributed by atoms with E-state index in [2.05, 4.69) is 58.4 Å². The van der Waals surface area contributed by atoms with Crippen LogP contribution in [0.4, 0.5) is 5.69 Å². The molecule has 1 amide bonds. The van der Waals surface area contributed by atoms with Crippen LogP contribution in [0.3, 0.4) is 0 Å². The van der Waals surface area contributed by atoms with Crippen molar-refractivity contribution in [2.75, 3.05) is 12.4 Å². The smallest absolute Gasteiger partial charge is 0.251 e. The highest BCUT2D eigenvalue weighted by Gasteiger charge is 2.07. The second-order valence-electron chi connectivity index (χ2n) is 4.37. The second-order valence-corrected chi connectivity index (χ2v) is 7.00. The number of nitrogens with one attached hydrogen (secondary N) is 2. The van der Waals surface area contributed by atoms with Gasteiger partial charge in [-0.05, 0) is 61.7 Å². The number of anilines is 1. The molecule has 0 saturated heterocycles. The summed E-state index contributed by atoms with van der Waals surface area (Å²) in [5, 5.41) is 5.98. The third-order valence-electron chi connectivity index (χ3n) is 2.92. The van der Waals surface area contributed by atoms with Crippen molar-refractivity contribution >= 4 is 59.4 Å². The van der Waals surface area contributed by atoms with Gasteiger partial charge in [0.25, 0.3) is 5.91 Å². The molecule has 2 N–H and O–H groups in total. The molecule has 2 rings (SSSR count). The van der Waals surface area contributed by atoms with Crippen LogP contribution in [-0.2, 0) is 6.54 Å². The Morgan fingerprint density at radius 3 is 2.14 bits per heavy atom. The highest BCUT2D eigenvalue weighted by Crippen LogP contribution is 2.34. The van der Waals surface area contributed by atoms with Crippen molar-refractivity contribution in [3.05, 3.63) is 60.9 Å². The van der Waals surface area contributed by atoms with Crippen LogP contribution in [0, 0.1) is 0 Å². The lowest BCUT2D eigenvalue weighted by molar-refractivity contribution is 0.0963. The third kappa shape index (κ3) is 4.31. The van der Waals surface area contributed by atoms with Crippen molar-refractivity contribution in [2.24, 2.45) is 0 Å². The molecule has 0 spiro atoms. The molecule has 2 aromatic rings. The Bertz CT molecular complexity index is 633. The fourth-order valence-electron chi connectivity index (χ4n) is 1.82. The highest BCUT2D eigenvalue weighted by molar-refractivity contribution is 9.11. The van der Waals surface area contributed by atoms with E-state index in [1.165, 1.54) is 0 Å². The molecule has 0 aliphatic heterocycles. The van der Waals surface area contributed by atoms with Crippen molar-refractivity contribution in [2.45, 2.75) is 6.54 Å². The second kappa shape index (κ2) is 7.42. The minimum absolute atomic E-state index is 0.0760. The number of hydrogen-bond acceptors (Lipinski definition) is 2. The minimum atomic E-state index is -0.0760. The third-order valence-corrected chi connectivity index (χ3v) is 4.63. The fourth-order valence-corrected chi connectivity index (χ4v) is 4.36. The lowest BCUT2D eigenvalue weighted by Gasteiger charge is -2.12. The molecule has 0 aromatic heterocycles. The zero-order valence-electron chi connectivity index (χ0n) is 11.2. The van der Waals surface area contributed by atoms with Crippen LogP contribution in [0.5, 0.6) is 0 Å². The summed E-state index contributed by atoms with van der Waals surface area (Å²) in [5.41, 5.74) is 2.75. The van der Waals surface area contributed by atoms with Gasteiger partial charge in [0.05, 0.1) is 5.69 Å². The van der Waals surface area contributed by atoms with E-state index < -0.39 is 0 Å². The number of benzene rings is 2. The van der Waals surface area contributed by atoms with Gasteiger partial charge in [0, 0.05) is 32.6 Å². The molecular weight excluding hydrogens is 464 g/mol. The SMILES string of the molecule is CNC(=O)c1ccc(CNc2c(Br)cc(Br)cc2Br)cc1. The summed E-state index contributed by atoms with van der Waals surface area (Å²) >= 11 is 10.5. The van der Waals surface area contributed by atoms with Gasteiger partial charge in [0.15, 0.2) is 0 Å². The van der Waals surface area contributed by atoms with Crippen LogP contribution in [-0.4, -0.2) is 13.0 Å². The number of rotatable bonds is 4. The number of carbonyl (C=O) groups excluding carboxylic acids is 1. The Morgan fingerprint density at radius 1 is 1.05 bits per heavy atom. The van der Waals surface area contributed by atoms with Gasteiger partial charge >= 0.3 is 0 Å². The van der Waals surface area contributed by atoms with Gasteiger partial charge in [0.1, 0.15) is 0 Å². The van der Waals surface area contributed by atoms with Crippen molar-refractivity contribution in [3.8, 4) is 0 Å². The molecule has 0 atom stereocenters. The molecule has 0 unspecified atom stereocenters. The maximum absolute atomic E-state index is 11.5. The zero-order chi connectivity index (χ0) is 15.4. The molecule has 0 radical (unpaired) electrons. The molecule has 0 saturated carbocycles. The van der Waals surface area contributed by atoms with Crippen LogP contribution in [0.2, 0.25) is 0 Å². The van der Waals surface area contributed by atoms with Crippen molar-refractivity contribution in [1.82, 2.24) is 5.32 Å². The monoisotopic (exact) mass is 474 g/mol. The zero-order valence-corrected chi connectivity index (χ0v) is 16.0. The molecule has 0 bridgehead atoms. The molecule has 2 aromatic carbocycles. The molecule has 0 heterocycles. The molecule has 0 aliphatic rings. The van der Waals surface area contributed by atoms with E-state index in [1.807, 2.05) is 36.4 Å². The predicted molar refractivity (Wildman–Crippen MR) is 96.7 cm³/mol. The first kappa shape index (κ1) is 16.5. The topological polar surface area (TPSA) is 41.1 Å². The number of carbonyl (C=O) groups is 1. The number of amides is 1. The predicted octanol–water partition coefficient (Wildman–Crippen LogP) is 4.95. The first-order valence-electron chi connectivity index (χ1n) is 6.20. The van der Waals surface area contributed by atoms with Crippen LogP contribution in [0.15, 0.2) is 49.8 Å². The van der Waals surface area contributed by atoms with Crippen LogP contribution in [0.1, 0.15) is 15.9 Å². The Hall–Kier alpha value is -0.850. The standard InChI is InChI=1S/C15H13Br3N2O/c1-19-15(21)10-4-2-9(3-5-10)8-20-14-12(17)6-11(16)7-13(14)18/h2-7,20H,8H2,1H3,(H,19,21). The summed E-state index contributed by atoms with van der Waals surface area (Å²) in [5.74, 6) is -0.0760. The van der Waals surface area contributed by atoms with Crippen molar-refractivity contribution in [1.29, 1.82) is 0 Å². The van der Waals surface area contributed by atoms with E-state index in [1.54, 1.807) is 7.05 Å². The van der Waals surface area contributed by atoms with Crippen molar-refractivity contribution in [3.63, 3.8) is 0 Å². The first-order chi connectivity index (χ1) is 10.0. The van der Waals surface area contributed by atoms with Crippen LogP contribution in [0.25, 0.3) is 0 Å². The maximum Gasteiger partial charge on any atom is 0.251 e. The summed E-state index contributed by atoms with van der Waals surface area (Å²) in [4.78, 5) is 11.5. The van der Waals surface area contributed by atoms with Crippen LogP contribution >= 0.6 is 47.8 Å². The summed E-state index contributed by atoms with van der Waals surface area (Å²) in [6.07, 6.45) is 0. The van der Waals surface area contributed by atoms with E-state index in [0.717, 1.165) is 24.7 Å². The average Bonchev–Trinajstić information content (AvgIpc) is 2.46. The quantitative estimate of drug-likeness (QED) is 0.656. The normalized spacial score (nSPS) is 10.3. The van der Waals surface area contributed by atoms with Crippen LogP contribution < -0.4 is 10.6 Å². The van der Waals surface area contributed by atoms with Gasteiger partial charge in [-0.1, -0.05) is 28.1 Å². The molecule has 110 valence electrons. The van der Waals surface area contributed by atoms with E-state index in [4.69, 9.17) is 0 Å². The average molecular weight is 477 g/mol. The Labute approximate surface area is 148 Å². The molecular formula is C15H13Br3N2O. The van der Waals surface area contributed by atoms with Gasteiger partial charge in [-0.25, -0.2) is 0 Å². The van der Waals surface area contributed by atoms with Gasteiger partial charge in [-0.2, -0.15) is 0 Å². The molecule has 6 heteroatoms. The Kier molecular flexibility index (Phi) is 5.84. The number of hydrogen-bond donors (Lipinski definition) is 2. The van der Waals surface area contributed by atoms with E-state index in [9.17, 15) is 4.79 Å². The van der Waals surface area contributed by atoms with E-state index in [0.29, 0.717) is 12.1 Å². The minimum Gasteiger partial charge on any atom is -0.379 e. The maximum atomic E-state index is 11.5. The van der Waals surface area contributed by atoms with E-state index >= 15 is 0 Å². The fraction of sp³-hybridized carbons (Fsp3) is 0.133. The van der Waals surface area contributed by atoms with Crippen molar-refractivity contribution < 1.29 is 4.79 Å². The molecule has 21 heavy (non-hydrogen) atoms. The van der Waals surface area contributed by atoms with Gasteiger partial charge in [0.2, 0.25) is 0 Å². The Balaban J connectivity index is 2.08. The van der Waals surface area contributed by atoms with Gasteiger partial charge in [-0.3, -0.25) is 4.79 Å². The van der Waals surface area contributed by atoms with Gasteiger partial charge < -0.3 is 10.6 Å². The number of halogens is 3. The molecule has 0 fully saturated rings. The largest absolute Gasteiger partial charge is 0.379 e. The lowest BCUT2D eigenvalue weighted by atomic mass is 10.1. The summed E-state index contributed by atoms with van der Waals surface area (Å²) in [7, 11) is 1.63. The summed E-state index contributed by atoms with van der Waals surface area (Å²) < 4.78 is 2.96. The van der Waals surface area contributed by atoms with E-state index in [-0.39, 0.29) is 5.91 Å². The molecule has 3 nitrogen and oxygen atoms in total. The lowest BCUT2D eigenvalue weighted by Crippen LogP contribution is -2.17. The summed E-state index contributed by atoms with van der Waals surface area (Å²) in [6.45, 7) is 0.673. The summed E-state index contributed by atoms with van der Waals surface area (Å²) in [6, 6.07) is 11.5. The van der Waals surface area contributed by atoms with Gasteiger partial charge in [-0.15, -0.1) is 0 Å².